The first kappa shape index (κ1) is 16.5. The van der Waals surface area contributed by atoms with Crippen molar-refractivity contribution in [2.45, 2.75) is 38.9 Å². The Labute approximate surface area is 138 Å². The normalized spacial score (nSPS) is 23.2. The third-order valence-corrected chi connectivity index (χ3v) is 4.99. The van der Waals surface area contributed by atoms with E-state index in [0.717, 1.165) is 43.4 Å². The monoisotopic (exact) mass is 319 g/mol. The van der Waals surface area contributed by atoms with Crippen molar-refractivity contribution in [3.05, 3.63) is 12.1 Å². The fourth-order valence-corrected chi connectivity index (χ4v) is 2.79. The number of rotatable bonds is 3. The molecule has 6 nitrogen and oxygen atoms in total. The first-order valence-corrected chi connectivity index (χ1v) is 8.21. The molecule has 0 unspecified atom stereocenters. The van der Waals surface area contributed by atoms with Crippen LogP contribution >= 0.6 is 0 Å². The molecule has 2 aliphatic rings. The number of nitrogens with zero attached hydrogens (tertiary/aromatic N) is 2. The van der Waals surface area contributed by atoms with Crippen LogP contribution in [0.4, 0.5) is 11.6 Å². The van der Waals surface area contributed by atoms with Gasteiger partial charge in [-0.3, -0.25) is 0 Å². The Bertz CT molecular complexity index is 558. The van der Waals surface area contributed by atoms with E-state index < -0.39 is 7.12 Å². The Morgan fingerprint density at radius 2 is 1.70 bits per heavy atom. The molecule has 2 aliphatic heterocycles. The Kier molecular flexibility index (Phi) is 4.29. The van der Waals surface area contributed by atoms with Gasteiger partial charge in [0.1, 0.15) is 11.6 Å². The van der Waals surface area contributed by atoms with E-state index in [1.54, 1.807) is 0 Å². The Balaban J connectivity index is 1.86. The molecule has 0 amide bonds. The van der Waals surface area contributed by atoms with E-state index >= 15 is 0 Å². The van der Waals surface area contributed by atoms with Crippen LogP contribution in [-0.2, 0) is 14.0 Å². The van der Waals surface area contributed by atoms with Gasteiger partial charge >= 0.3 is 7.12 Å². The lowest BCUT2D eigenvalue weighted by atomic mass is 9.79. The summed E-state index contributed by atoms with van der Waals surface area (Å²) in [5.41, 5.74) is 0.222. The van der Waals surface area contributed by atoms with Gasteiger partial charge in [-0.2, -0.15) is 0 Å². The summed E-state index contributed by atoms with van der Waals surface area (Å²) in [6.07, 6.45) is 0. The third-order valence-electron chi connectivity index (χ3n) is 4.99. The van der Waals surface area contributed by atoms with Crippen molar-refractivity contribution in [3.8, 4) is 0 Å². The van der Waals surface area contributed by atoms with Gasteiger partial charge in [0.2, 0.25) is 0 Å². The third kappa shape index (κ3) is 3.05. The number of nitrogens with one attached hydrogen (secondary N) is 1. The van der Waals surface area contributed by atoms with Crippen LogP contribution in [0.3, 0.4) is 0 Å². The lowest BCUT2D eigenvalue weighted by Gasteiger charge is -2.32. The van der Waals surface area contributed by atoms with E-state index in [1.165, 1.54) is 0 Å². The number of hydrogen-bond acceptors (Lipinski definition) is 6. The van der Waals surface area contributed by atoms with Crippen molar-refractivity contribution >= 4 is 24.2 Å². The number of hydrogen-bond donors (Lipinski definition) is 1. The Morgan fingerprint density at radius 1 is 1.09 bits per heavy atom. The van der Waals surface area contributed by atoms with Crippen LogP contribution in [0.25, 0.3) is 0 Å². The zero-order valence-electron chi connectivity index (χ0n) is 14.7. The standard InChI is InChI=1S/C16H26BN3O3/c1-15(2)16(3,4)23-17(22-15)12-6-7-13(19-14(12)18-5)20-8-10-21-11-9-20/h6-7H,8-11H2,1-5H3,(H,18,19). The molecule has 3 rings (SSSR count). The molecule has 0 spiro atoms. The molecule has 3 heterocycles. The fraction of sp³-hybridized carbons (Fsp3) is 0.688. The molecule has 126 valence electrons. The van der Waals surface area contributed by atoms with Gasteiger partial charge in [-0.15, -0.1) is 0 Å². The summed E-state index contributed by atoms with van der Waals surface area (Å²) in [5, 5.41) is 3.18. The van der Waals surface area contributed by atoms with Crippen LogP contribution < -0.4 is 15.7 Å². The van der Waals surface area contributed by atoms with Gasteiger partial charge in [-0.25, -0.2) is 4.98 Å². The second kappa shape index (κ2) is 5.96. The summed E-state index contributed by atoms with van der Waals surface area (Å²) < 4.78 is 17.7. The molecule has 0 bridgehead atoms. The zero-order chi connectivity index (χ0) is 16.7. The molecule has 1 N–H and O–H groups in total. The lowest BCUT2D eigenvalue weighted by Crippen LogP contribution is -2.41. The maximum Gasteiger partial charge on any atom is 0.498 e. The quantitative estimate of drug-likeness (QED) is 0.847. The van der Waals surface area contributed by atoms with Crippen LogP contribution in [0.5, 0.6) is 0 Å². The number of ether oxygens (including phenoxy) is 1. The molecule has 1 aromatic rings. The highest BCUT2D eigenvalue weighted by atomic mass is 16.7. The summed E-state index contributed by atoms with van der Waals surface area (Å²) in [4.78, 5) is 6.99. The molecule has 0 aromatic carbocycles. The number of pyridine rings is 1. The van der Waals surface area contributed by atoms with E-state index in [1.807, 2.05) is 19.2 Å². The first-order chi connectivity index (χ1) is 10.8. The highest BCUT2D eigenvalue weighted by molar-refractivity contribution is 6.63. The first-order valence-electron chi connectivity index (χ1n) is 8.21. The van der Waals surface area contributed by atoms with Crippen molar-refractivity contribution in [1.29, 1.82) is 0 Å². The Hall–Kier alpha value is -1.31. The molecule has 0 radical (unpaired) electrons. The van der Waals surface area contributed by atoms with Crippen molar-refractivity contribution in [3.63, 3.8) is 0 Å². The summed E-state index contributed by atoms with van der Waals surface area (Å²) in [5.74, 6) is 1.76. The second-order valence-electron chi connectivity index (χ2n) is 7.04. The minimum absolute atomic E-state index is 0.356. The van der Waals surface area contributed by atoms with Gasteiger partial charge in [0.25, 0.3) is 0 Å². The number of anilines is 2. The predicted molar refractivity (Wildman–Crippen MR) is 92.5 cm³/mol. The Morgan fingerprint density at radius 3 is 2.26 bits per heavy atom. The van der Waals surface area contributed by atoms with Gasteiger partial charge < -0.3 is 24.3 Å². The average molecular weight is 319 g/mol. The van der Waals surface area contributed by atoms with Crippen molar-refractivity contribution in [1.82, 2.24) is 4.98 Å². The van der Waals surface area contributed by atoms with E-state index in [0.29, 0.717) is 0 Å². The van der Waals surface area contributed by atoms with Crippen LogP contribution in [0.2, 0.25) is 0 Å². The topological polar surface area (TPSA) is 55.9 Å². The van der Waals surface area contributed by atoms with Crippen LogP contribution in [-0.4, -0.2) is 56.7 Å². The van der Waals surface area contributed by atoms with Crippen LogP contribution in [0, 0.1) is 0 Å². The van der Waals surface area contributed by atoms with Gasteiger partial charge in [-0.05, 0) is 33.8 Å². The fourth-order valence-electron chi connectivity index (χ4n) is 2.79. The van der Waals surface area contributed by atoms with Crippen molar-refractivity contribution in [2.24, 2.45) is 0 Å². The summed E-state index contributed by atoms with van der Waals surface area (Å²) in [6.45, 7) is 11.5. The van der Waals surface area contributed by atoms with Gasteiger partial charge in [0.05, 0.1) is 24.4 Å². The van der Waals surface area contributed by atoms with Crippen molar-refractivity contribution in [2.75, 3.05) is 43.6 Å². The number of aromatic nitrogens is 1. The smallest absolute Gasteiger partial charge is 0.399 e. The van der Waals surface area contributed by atoms with E-state index in [2.05, 4.69) is 37.9 Å². The summed E-state index contributed by atoms with van der Waals surface area (Å²) in [7, 11) is 1.47. The highest BCUT2D eigenvalue weighted by Gasteiger charge is 2.52. The molecule has 0 aliphatic carbocycles. The van der Waals surface area contributed by atoms with Gasteiger partial charge in [-0.1, -0.05) is 6.07 Å². The lowest BCUT2D eigenvalue weighted by molar-refractivity contribution is 0.00578. The molecule has 2 saturated heterocycles. The zero-order valence-corrected chi connectivity index (χ0v) is 14.7. The second-order valence-corrected chi connectivity index (χ2v) is 7.04. The largest absolute Gasteiger partial charge is 0.498 e. The van der Waals surface area contributed by atoms with Crippen LogP contribution in [0.15, 0.2) is 12.1 Å². The minimum atomic E-state index is -0.409. The SMILES string of the molecule is CNc1nc(N2CCOCC2)ccc1B1OC(C)(C)C(C)(C)O1. The molecule has 2 fully saturated rings. The maximum absolute atomic E-state index is 6.14. The van der Waals surface area contributed by atoms with Gasteiger partial charge in [0.15, 0.2) is 0 Å². The molecule has 0 atom stereocenters. The molecular weight excluding hydrogens is 293 g/mol. The average Bonchev–Trinajstić information content (AvgIpc) is 2.75. The van der Waals surface area contributed by atoms with E-state index in [4.69, 9.17) is 19.0 Å². The molecule has 0 saturated carbocycles. The van der Waals surface area contributed by atoms with Gasteiger partial charge in [0, 0.05) is 25.6 Å². The van der Waals surface area contributed by atoms with Crippen LogP contribution in [0.1, 0.15) is 27.7 Å². The summed E-state index contributed by atoms with van der Waals surface area (Å²) >= 11 is 0. The summed E-state index contributed by atoms with van der Waals surface area (Å²) in [6, 6.07) is 4.08. The molecule has 23 heavy (non-hydrogen) atoms. The minimum Gasteiger partial charge on any atom is -0.399 e. The van der Waals surface area contributed by atoms with E-state index in [-0.39, 0.29) is 11.2 Å². The highest BCUT2D eigenvalue weighted by Crippen LogP contribution is 2.37. The predicted octanol–water partition coefficient (Wildman–Crippen LogP) is 1.26. The number of morpholine rings is 1. The molecule has 1 aromatic heterocycles. The molecular formula is C16H26BN3O3. The maximum atomic E-state index is 6.14. The van der Waals surface area contributed by atoms with Crippen molar-refractivity contribution < 1.29 is 14.0 Å². The molecule has 7 heteroatoms. The van der Waals surface area contributed by atoms with E-state index in [9.17, 15) is 0 Å².